The molecule has 2 atom stereocenters. The van der Waals surface area contributed by atoms with E-state index in [0.717, 1.165) is 18.9 Å². The third-order valence-corrected chi connectivity index (χ3v) is 5.04. The first-order valence-corrected chi connectivity index (χ1v) is 7.95. The van der Waals surface area contributed by atoms with Gasteiger partial charge in [0.15, 0.2) is 0 Å². The molecule has 0 radical (unpaired) electrons. The van der Waals surface area contributed by atoms with Gasteiger partial charge in [0.2, 0.25) is 10.0 Å². The number of aryl methyl sites for hydroxylation is 1. The lowest BCUT2D eigenvalue weighted by Gasteiger charge is -2.28. The maximum Gasteiger partial charge on any atom is 0.243 e. The fraction of sp³-hybridized carbons (Fsp3) is 0.538. The van der Waals surface area contributed by atoms with Crippen LogP contribution in [0.4, 0.5) is 8.78 Å². The molecule has 1 fully saturated rings. The Bertz CT molecular complexity index is 604. The summed E-state index contributed by atoms with van der Waals surface area (Å²) >= 11 is 0. The standard InChI is InChI=1S/C13H17F2NO3S/c1-8-6-10(15)13(7-9(8)14)20(18,19)16-11-4-2-3-5-12(11)17/h6-7,11-12,16-17H,2-5H2,1H3. The van der Waals surface area contributed by atoms with E-state index in [2.05, 4.69) is 4.72 Å². The van der Waals surface area contributed by atoms with Crippen LogP contribution in [0, 0.1) is 18.6 Å². The molecule has 0 aliphatic heterocycles. The minimum absolute atomic E-state index is 0.0409. The van der Waals surface area contributed by atoms with Gasteiger partial charge in [-0.25, -0.2) is 21.9 Å². The second-order valence-electron chi connectivity index (χ2n) is 5.11. The largest absolute Gasteiger partial charge is 0.391 e. The van der Waals surface area contributed by atoms with Crippen molar-refractivity contribution in [2.45, 2.75) is 49.6 Å². The molecule has 0 saturated heterocycles. The molecule has 1 aliphatic rings. The highest BCUT2D eigenvalue weighted by Gasteiger charge is 2.30. The van der Waals surface area contributed by atoms with Crippen molar-refractivity contribution < 1.29 is 22.3 Å². The van der Waals surface area contributed by atoms with E-state index in [-0.39, 0.29) is 5.56 Å². The Hall–Kier alpha value is -1.05. The van der Waals surface area contributed by atoms with Crippen molar-refractivity contribution in [1.29, 1.82) is 0 Å². The van der Waals surface area contributed by atoms with Gasteiger partial charge in [-0.2, -0.15) is 0 Å². The van der Waals surface area contributed by atoms with Crippen molar-refractivity contribution >= 4 is 10.0 Å². The second-order valence-corrected chi connectivity index (χ2v) is 6.79. The SMILES string of the molecule is Cc1cc(F)c(S(=O)(=O)NC2CCCCC2O)cc1F. The molecule has 2 unspecified atom stereocenters. The molecule has 1 aliphatic carbocycles. The van der Waals surface area contributed by atoms with E-state index in [0.29, 0.717) is 18.9 Å². The first-order chi connectivity index (χ1) is 9.31. The van der Waals surface area contributed by atoms with E-state index in [1.54, 1.807) is 0 Å². The average molecular weight is 305 g/mol. The maximum atomic E-state index is 13.7. The Labute approximate surface area is 116 Å². The van der Waals surface area contributed by atoms with Gasteiger partial charge in [0.25, 0.3) is 0 Å². The molecule has 4 nitrogen and oxygen atoms in total. The molecule has 112 valence electrons. The quantitative estimate of drug-likeness (QED) is 0.895. The smallest absolute Gasteiger partial charge is 0.243 e. The summed E-state index contributed by atoms with van der Waals surface area (Å²) in [5.74, 6) is -1.78. The summed E-state index contributed by atoms with van der Waals surface area (Å²) in [5.41, 5.74) is 0.0409. The average Bonchev–Trinajstić information content (AvgIpc) is 2.36. The Morgan fingerprint density at radius 2 is 1.85 bits per heavy atom. The normalized spacial score (nSPS) is 23.8. The van der Waals surface area contributed by atoms with Crippen LogP contribution in [0.3, 0.4) is 0 Å². The highest BCUT2D eigenvalue weighted by Crippen LogP contribution is 2.23. The second kappa shape index (κ2) is 5.75. The molecule has 0 aromatic heterocycles. The van der Waals surface area contributed by atoms with Gasteiger partial charge < -0.3 is 5.11 Å². The van der Waals surface area contributed by atoms with E-state index >= 15 is 0 Å². The van der Waals surface area contributed by atoms with Gasteiger partial charge in [0.05, 0.1) is 6.10 Å². The molecule has 2 N–H and O–H groups in total. The first kappa shape index (κ1) is 15.3. The van der Waals surface area contributed by atoms with Crippen molar-refractivity contribution in [3.63, 3.8) is 0 Å². The summed E-state index contributed by atoms with van der Waals surface area (Å²) in [6.07, 6.45) is 1.80. The summed E-state index contributed by atoms with van der Waals surface area (Å²) in [4.78, 5) is -0.724. The number of hydrogen-bond acceptors (Lipinski definition) is 3. The molecule has 1 aromatic carbocycles. The molecule has 1 aromatic rings. The fourth-order valence-corrected chi connectivity index (χ4v) is 3.72. The van der Waals surface area contributed by atoms with Crippen LogP contribution in [0.5, 0.6) is 0 Å². The number of aliphatic hydroxyl groups is 1. The monoisotopic (exact) mass is 305 g/mol. The summed E-state index contributed by atoms with van der Waals surface area (Å²) in [5, 5.41) is 9.75. The zero-order chi connectivity index (χ0) is 14.9. The maximum absolute atomic E-state index is 13.7. The number of hydrogen-bond donors (Lipinski definition) is 2. The third kappa shape index (κ3) is 3.16. The molecule has 7 heteroatoms. The Morgan fingerprint density at radius 3 is 2.50 bits per heavy atom. The first-order valence-electron chi connectivity index (χ1n) is 6.47. The number of sulfonamides is 1. The number of halogens is 2. The summed E-state index contributed by atoms with van der Waals surface area (Å²) in [6.45, 7) is 1.35. The Morgan fingerprint density at radius 1 is 1.20 bits per heavy atom. The van der Waals surface area contributed by atoms with Gasteiger partial charge >= 0.3 is 0 Å². The molecule has 1 saturated carbocycles. The van der Waals surface area contributed by atoms with E-state index in [4.69, 9.17) is 0 Å². The van der Waals surface area contributed by atoms with E-state index in [1.165, 1.54) is 6.92 Å². The molecule has 0 bridgehead atoms. The molecule has 0 heterocycles. The third-order valence-electron chi connectivity index (χ3n) is 3.54. The number of nitrogens with one attached hydrogen (secondary N) is 1. The van der Waals surface area contributed by atoms with Gasteiger partial charge in [-0.05, 0) is 37.5 Å². The lowest BCUT2D eigenvalue weighted by Crippen LogP contribution is -2.45. The summed E-state index contributed by atoms with van der Waals surface area (Å²) < 4.78 is 53.6. The van der Waals surface area contributed by atoms with Crippen molar-refractivity contribution in [3.05, 3.63) is 29.3 Å². The van der Waals surface area contributed by atoms with Gasteiger partial charge in [-0.1, -0.05) is 12.8 Å². The number of aliphatic hydroxyl groups excluding tert-OH is 1. The van der Waals surface area contributed by atoms with E-state index in [9.17, 15) is 22.3 Å². The van der Waals surface area contributed by atoms with Crippen molar-refractivity contribution in [3.8, 4) is 0 Å². The fourth-order valence-electron chi connectivity index (χ4n) is 2.35. The van der Waals surface area contributed by atoms with Crippen LogP contribution in [0.25, 0.3) is 0 Å². The van der Waals surface area contributed by atoms with E-state index < -0.39 is 38.7 Å². The highest BCUT2D eigenvalue weighted by molar-refractivity contribution is 7.89. The Balaban J connectivity index is 2.28. The topological polar surface area (TPSA) is 66.4 Å². The van der Waals surface area contributed by atoms with Crippen molar-refractivity contribution in [1.82, 2.24) is 4.72 Å². The predicted octanol–water partition coefficient (Wildman–Crippen LogP) is 1.86. The lowest BCUT2D eigenvalue weighted by atomic mass is 9.93. The Kier molecular flexibility index (Phi) is 4.41. The van der Waals surface area contributed by atoms with Crippen LogP contribution >= 0.6 is 0 Å². The molecule has 2 rings (SSSR count). The van der Waals surface area contributed by atoms with Crippen molar-refractivity contribution in [2.24, 2.45) is 0 Å². The van der Waals surface area contributed by atoms with Gasteiger partial charge in [0.1, 0.15) is 16.5 Å². The van der Waals surface area contributed by atoms with Crippen LogP contribution in [-0.4, -0.2) is 25.7 Å². The molecule has 20 heavy (non-hydrogen) atoms. The van der Waals surface area contributed by atoms with Gasteiger partial charge in [-0.3, -0.25) is 0 Å². The number of benzene rings is 1. The predicted molar refractivity (Wildman–Crippen MR) is 69.7 cm³/mol. The highest BCUT2D eigenvalue weighted by atomic mass is 32.2. The number of rotatable bonds is 3. The van der Waals surface area contributed by atoms with Crippen LogP contribution < -0.4 is 4.72 Å². The molecule has 0 spiro atoms. The lowest BCUT2D eigenvalue weighted by molar-refractivity contribution is 0.101. The van der Waals surface area contributed by atoms with Crippen LogP contribution in [-0.2, 0) is 10.0 Å². The van der Waals surface area contributed by atoms with Gasteiger partial charge in [0, 0.05) is 6.04 Å². The van der Waals surface area contributed by atoms with Crippen molar-refractivity contribution in [2.75, 3.05) is 0 Å². The minimum atomic E-state index is -4.19. The zero-order valence-corrected chi connectivity index (χ0v) is 11.9. The molecular weight excluding hydrogens is 288 g/mol. The van der Waals surface area contributed by atoms with Crippen LogP contribution in [0.15, 0.2) is 17.0 Å². The molecule has 0 amide bonds. The summed E-state index contributed by atoms with van der Waals surface area (Å²) in [7, 11) is -4.19. The van der Waals surface area contributed by atoms with Crippen LogP contribution in [0.1, 0.15) is 31.2 Å². The summed E-state index contributed by atoms with van der Waals surface area (Å²) in [6, 6.07) is 0.862. The molecular formula is C13H17F2NO3S. The minimum Gasteiger partial charge on any atom is -0.391 e. The van der Waals surface area contributed by atoms with E-state index in [1.807, 2.05) is 0 Å². The van der Waals surface area contributed by atoms with Gasteiger partial charge in [-0.15, -0.1) is 0 Å². The zero-order valence-electron chi connectivity index (χ0n) is 11.1. The van der Waals surface area contributed by atoms with Crippen LogP contribution in [0.2, 0.25) is 0 Å².